The topological polar surface area (TPSA) is 35.2 Å². The van der Waals surface area contributed by atoms with Gasteiger partial charge in [0.25, 0.3) is 0 Å². The van der Waals surface area contributed by atoms with Gasteiger partial charge in [-0.1, -0.05) is 0 Å². The zero-order valence-electron chi connectivity index (χ0n) is 11.1. The van der Waals surface area contributed by atoms with Gasteiger partial charge in [-0.2, -0.15) is 13.2 Å². The van der Waals surface area contributed by atoms with Crippen molar-refractivity contribution >= 4 is 17.4 Å². The molecule has 2 N–H and O–H groups in total. The fourth-order valence-corrected chi connectivity index (χ4v) is 3.14. The second-order valence-corrected chi connectivity index (χ2v) is 6.01. The van der Waals surface area contributed by atoms with E-state index in [9.17, 15) is 13.2 Å². The van der Waals surface area contributed by atoms with Crippen molar-refractivity contribution in [1.82, 2.24) is 0 Å². The van der Waals surface area contributed by atoms with Crippen molar-refractivity contribution in [3.63, 3.8) is 0 Å². The smallest absolute Gasteiger partial charge is 0.398 e. The molecule has 0 amide bonds. The van der Waals surface area contributed by atoms with Crippen molar-refractivity contribution in [2.45, 2.75) is 42.9 Å². The number of thioether (sulfide) groups is 1. The first-order chi connectivity index (χ1) is 9.47. The molecule has 1 aliphatic heterocycles. The molecular weight excluding hydrogens is 287 g/mol. The number of benzene rings is 1. The van der Waals surface area contributed by atoms with Gasteiger partial charge in [0.15, 0.2) is 0 Å². The Labute approximate surface area is 120 Å². The number of hydrogen-bond acceptors (Lipinski definition) is 3. The minimum atomic E-state index is -4.34. The first kappa shape index (κ1) is 15.5. The lowest BCUT2D eigenvalue weighted by Crippen LogP contribution is -2.06. The molecule has 2 rings (SSSR count). The number of anilines is 1. The first-order valence-corrected chi connectivity index (χ1v) is 7.66. The van der Waals surface area contributed by atoms with Gasteiger partial charge in [-0.3, -0.25) is 0 Å². The highest BCUT2D eigenvalue weighted by molar-refractivity contribution is 7.99. The minimum Gasteiger partial charge on any atom is -0.398 e. The molecule has 2 nitrogen and oxygen atoms in total. The van der Waals surface area contributed by atoms with Crippen LogP contribution in [0.1, 0.15) is 31.2 Å². The van der Waals surface area contributed by atoms with Crippen LogP contribution in [0.4, 0.5) is 18.9 Å². The van der Waals surface area contributed by atoms with Gasteiger partial charge in [0.05, 0.1) is 11.7 Å². The maximum absolute atomic E-state index is 12.5. The standard InChI is InChI=1S/C14H18F3NOS/c15-14(16,17)10-5-6-13(12(18)9-10)20-8-2-4-11-3-1-7-19-11/h5-6,9,11H,1-4,7-8,18H2. The van der Waals surface area contributed by atoms with Crippen LogP contribution in [0.5, 0.6) is 0 Å². The van der Waals surface area contributed by atoms with Crippen LogP contribution in [0.15, 0.2) is 23.1 Å². The molecule has 1 fully saturated rings. The summed E-state index contributed by atoms with van der Waals surface area (Å²) in [7, 11) is 0. The maximum Gasteiger partial charge on any atom is 0.416 e. The van der Waals surface area contributed by atoms with Crippen molar-refractivity contribution in [3.05, 3.63) is 23.8 Å². The van der Waals surface area contributed by atoms with Crippen molar-refractivity contribution in [3.8, 4) is 0 Å². The Morgan fingerprint density at radius 2 is 2.15 bits per heavy atom. The van der Waals surface area contributed by atoms with Crippen LogP contribution >= 0.6 is 11.8 Å². The summed E-state index contributed by atoms with van der Waals surface area (Å²) in [5, 5.41) is 0. The average Bonchev–Trinajstić information content (AvgIpc) is 2.88. The summed E-state index contributed by atoms with van der Waals surface area (Å²) in [5.74, 6) is 0.843. The van der Waals surface area contributed by atoms with E-state index in [0.29, 0.717) is 11.0 Å². The maximum atomic E-state index is 12.5. The molecule has 112 valence electrons. The molecule has 1 atom stereocenters. The van der Waals surface area contributed by atoms with Gasteiger partial charge in [-0.05, 0) is 49.6 Å². The summed E-state index contributed by atoms with van der Waals surface area (Å²) in [5.41, 5.74) is 5.18. The summed E-state index contributed by atoms with van der Waals surface area (Å²) >= 11 is 1.50. The van der Waals surface area contributed by atoms with Crippen LogP contribution < -0.4 is 5.73 Å². The molecule has 0 saturated carbocycles. The van der Waals surface area contributed by atoms with E-state index in [-0.39, 0.29) is 5.69 Å². The van der Waals surface area contributed by atoms with E-state index in [2.05, 4.69) is 0 Å². The molecule has 0 spiro atoms. The second kappa shape index (κ2) is 6.72. The van der Waals surface area contributed by atoms with Crippen molar-refractivity contribution in [2.75, 3.05) is 18.1 Å². The second-order valence-electron chi connectivity index (χ2n) is 4.88. The summed E-state index contributed by atoms with van der Waals surface area (Å²) in [6, 6.07) is 3.54. The zero-order chi connectivity index (χ0) is 14.6. The average molecular weight is 305 g/mol. The molecule has 0 bridgehead atoms. The van der Waals surface area contributed by atoms with Gasteiger partial charge < -0.3 is 10.5 Å². The molecule has 1 aromatic rings. The van der Waals surface area contributed by atoms with Crippen molar-refractivity contribution in [2.24, 2.45) is 0 Å². The molecule has 0 aliphatic carbocycles. The molecule has 1 aliphatic rings. The van der Waals surface area contributed by atoms with Gasteiger partial charge in [0, 0.05) is 17.2 Å². The highest BCUT2D eigenvalue weighted by Crippen LogP contribution is 2.34. The number of alkyl halides is 3. The third-order valence-corrected chi connectivity index (χ3v) is 4.46. The third kappa shape index (κ3) is 4.31. The highest BCUT2D eigenvalue weighted by atomic mass is 32.2. The van der Waals surface area contributed by atoms with Gasteiger partial charge in [0.2, 0.25) is 0 Å². The summed E-state index contributed by atoms with van der Waals surface area (Å²) in [4.78, 5) is 0.713. The highest BCUT2D eigenvalue weighted by Gasteiger charge is 2.30. The number of hydrogen-bond donors (Lipinski definition) is 1. The molecule has 0 aromatic heterocycles. The van der Waals surface area contributed by atoms with Crippen molar-refractivity contribution in [1.29, 1.82) is 0 Å². The van der Waals surface area contributed by atoms with E-state index >= 15 is 0 Å². The van der Waals surface area contributed by atoms with Gasteiger partial charge in [0.1, 0.15) is 0 Å². The van der Waals surface area contributed by atoms with E-state index in [1.54, 1.807) is 0 Å². The molecule has 1 heterocycles. The summed E-state index contributed by atoms with van der Waals surface area (Å²) < 4.78 is 43.0. The number of nitrogens with two attached hydrogens (primary N) is 1. The Morgan fingerprint density at radius 1 is 1.35 bits per heavy atom. The van der Waals surface area contributed by atoms with Crippen LogP contribution in [0, 0.1) is 0 Å². The number of nitrogen functional groups attached to an aromatic ring is 1. The van der Waals surface area contributed by atoms with E-state index in [1.807, 2.05) is 0 Å². The Balaban J connectivity index is 1.80. The molecule has 6 heteroatoms. The first-order valence-electron chi connectivity index (χ1n) is 6.68. The third-order valence-electron chi connectivity index (χ3n) is 3.29. The molecule has 0 radical (unpaired) electrons. The van der Waals surface area contributed by atoms with E-state index in [0.717, 1.165) is 50.2 Å². The Hall–Kier alpha value is -0.880. The molecule has 1 unspecified atom stereocenters. The number of rotatable bonds is 5. The minimum absolute atomic E-state index is 0.196. The Kier molecular flexibility index (Phi) is 5.21. The SMILES string of the molecule is Nc1cc(C(F)(F)F)ccc1SCCCC1CCCO1. The monoisotopic (exact) mass is 305 g/mol. The van der Waals surface area contributed by atoms with Gasteiger partial charge in [-0.15, -0.1) is 11.8 Å². The normalized spacial score (nSPS) is 19.4. The number of ether oxygens (including phenoxy) is 1. The van der Waals surface area contributed by atoms with Crippen LogP contribution in [-0.4, -0.2) is 18.5 Å². The van der Waals surface area contributed by atoms with E-state index < -0.39 is 11.7 Å². The fourth-order valence-electron chi connectivity index (χ4n) is 2.22. The fraction of sp³-hybridized carbons (Fsp3) is 0.571. The Morgan fingerprint density at radius 3 is 2.75 bits per heavy atom. The van der Waals surface area contributed by atoms with E-state index in [4.69, 9.17) is 10.5 Å². The molecule has 20 heavy (non-hydrogen) atoms. The zero-order valence-corrected chi connectivity index (χ0v) is 11.9. The largest absolute Gasteiger partial charge is 0.416 e. The summed E-state index contributed by atoms with van der Waals surface area (Å²) in [6.45, 7) is 0.851. The van der Waals surface area contributed by atoms with Crippen LogP contribution in [-0.2, 0) is 10.9 Å². The lowest BCUT2D eigenvalue weighted by molar-refractivity contribution is -0.137. The predicted octanol–water partition coefficient (Wildman–Crippen LogP) is 4.34. The lowest BCUT2D eigenvalue weighted by atomic mass is 10.1. The van der Waals surface area contributed by atoms with Gasteiger partial charge >= 0.3 is 6.18 Å². The summed E-state index contributed by atoms with van der Waals surface area (Å²) in [6.07, 6.45) is 0.262. The quantitative estimate of drug-likeness (QED) is 0.499. The Bertz CT molecular complexity index is 445. The lowest BCUT2D eigenvalue weighted by Gasteiger charge is -2.11. The van der Waals surface area contributed by atoms with E-state index in [1.165, 1.54) is 17.8 Å². The van der Waals surface area contributed by atoms with Crippen LogP contribution in [0.3, 0.4) is 0 Å². The van der Waals surface area contributed by atoms with Crippen LogP contribution in [0.2, 0.25) is 0 Å². The molecular formula is C14H18F3NOS. The number of halogens is 3. The molecule has 1 aromatic carbocycles. The van der Waals surface area contributed by atoms with Crippen LogP contribution in [0.25, 0.3) is 0 Å². The van der Waals surface area contributed by atoms with Crippen molar-refractivity contribution < 1.29 is 17.9 Å². The molecule has 1 saturated heterocycles. The van der Waals surface area contributed by atoms with Gasteiger partial charge in [-0.25, -0.2) is 0 Å². The predicted molar refractivity (Wildman–Crippen MR) is 74.8 cm³/mol.